The molecule has 2 unspecified atom stereocenters. The zero-order valence-electron chi connectivity index (χ0n) is 10.3. The van der Waals surface area contributed by atoms with Crippen molar-refractivity contribution in [3.8, 4) is 0 Å². The molecule has 1 aliphatic carbocycles. The van der Waals surface area contributed by atoms with Gasteiger partial charge in [-0.25, -0.2) is 4.39 Å². The van der Waals surface area contributed by atoms with E-state index in [0.29, 0.717) is 24.2 Å². The molecule has 0 N–H and O–H groups in total. The van der Waals surface area contributed by atoms with E-state index in [0.717, 1.165) is 6.42 Å². The summed E-state index contributed by atoms with van der Waals surface area (Å²) in [5.74, 6) is 0.152. The Balaban J connectivity index is 2.12. The fourth-order valence-corrected chi connectivity index (χ4v) is 2.49. The number of halogens is 1. The molecule has 2 rings (SSSR count). The molecule has 0 amide bonds. The summed E-state index contributed by atoms with van der Waals surface area (Å²) >= 11 is 0. The molecular weight excluding hydrogens is 217 g/mol. The molecule has 1 fully saturated rings. The Morgan fingerprint density at radius 3 is 2.71 bits per heavy atom. The average molecular weight is 235 g/mol. The van der Waals surface area contributed by atoms with Crippen molar-refractivity contribution in [2.75, 3.05) is 7.05 Å². The Kier molecular flexibility index (Phi) is 3.57. The molecule has 0 saturated heterocycles. The minimum Gasteiger partial charge on any atom is -0.300 e. The molecule has 1 aromatic carbocycles. The first-order chi connectivity index (χ1) is 8.09. The van der Waals surface area contributed by atoms with Gasteiger partial charge < -0.3 is 0 Å². The van der Waals surface area contributed by atoms with Crippen molar-refractivity contribution in [1.29, 1.82) is 0 Å². The molecule has 0 aromatic heterocycles. The van der Waals surface area contributed by atoms with Gasteiger partial charge in [0, 0.05) is 30.5 Å². The van der Waals surface area contributed by atoms with E-state index in [-0.39, 0.29) is 17.9 Å². The van der Waals surface area contributed by atoms with Gasteiger partial charge in [-0.05, 0) is 26.5 Å². The van der Waals surface area contributed by atoms with Gasteiger partial charge in [0.05, 0.1) is 0 Å². The van der Waals surface area contributed by atoms with Crippen LogP contribution in [0.25, 0.3) is 0 Å². The smallest absolute Gasteiger partial charge is 0.134 e. The lowest BCUT2D eigenvalue weighted by molar-refractivity contribution is -0.117. The number of carbonyl (C=O) groups excluding carboxylic acids is 1. The molecule has 92 valence electrons. The van der Waals surface area contributed by atoms with Gasteiger partial charge in [-0.1, -0.05) is 18.2 Å². The van der Waals surface area contributed by atoms with Crippen LogP contribution in [0.2, 0.25) is 0 Å². The monoisotopic (exact) mass is 235 g/mol. The van der Waals surface area contributed by atoms with E-state index in [2.05, 4.69) is 4.90 Å². The molecule has 1 aromatic rings. The van der Waals surface area contributed by atoms with Crippen LogP contribution in [0.4, 0.5) is 4.39 Å². The Bertz CT molecular complexity index is 418. The second-order valence-electron chi connectivity index (χ2n) is 4.80. The van der Waals surface area contributed by atoms with Crippen molar-refractivity contribution in [3.05, 3.63) is 35.6 Å². The largest absolute Gasteiger partial charge is 0.300 e. The first kappa shape index (κ1) is 12.2. The minimum atomic E-state index is -0.170. The van der Waals surface area contributed by atoms with E-state index >= 15 is 0 Å². The van der Waals surface area contributed by atoms with Crippen LogP contribution >= 0.6 is 0 Å². The third-order valence-corrected chi connectivity index (χ3v) is 3.76. The number of nitrogens with zero attached hydrogens (tertiary/aromatic N) is 1. The summed E-state index contributed by atoms with van der Waals surface area (Å²) in [5.41, 5.74) is 0.703. The Labute approximate surface area is 101 Å². The highest BCUT2D eigenvalue weighted by molar-refractivity contribution is 5.81. The Morgan fingerprint density at radius 2 is 2.12 bits per heavy atom. The van der Waals surface area contributed by atoms with Crippen molar-refractivity contribution in [1.82, 2.24) is 4.90 Å². The van der Waals surface area contributed by atoms with Crippen molar-refractivity contribution >= 4 is 5.78 Å². The van der Waals surface area contributed by atoms with E-state index in [1.54, 1.807) is 6.07 Å². The third kappa shape index (κ3) is 2.55. The predicted molar refractivity (Wildman–Crippen MR) is 65.2 cm³/mol. The minimum absolute atomic E-state index is 0.00657. The van der Waals surface area contributed by atoms with Gasteiger partial charge in [0.2, 0.25) is 0 Å². The number of ketones is 1. The van der Waals surface area contributed by atoms with E-state index < -0.39 is 0 Å². The fourth-order valence-electron chi connectivity index (χ4n) is 2.49. The summed E-state index contributed by atoms with van der Waals surface area (Å²) in [5, 5.41) is 0. The van der Waals surface area contributed by atoms with Crippen LogP contribution in [0.3, 0.4) is 0 Å². The number of Topliss-reactive ketones (excluding diaryl/α,β-unsaturated/α-hetero) is 1. The molecule has 0 heterocycles. The van der Waals surface area contributed by atoms with Gasteiger partial charge in [-0.2, -0.15) is 0 Å². The van der Waals surface area contributed by atoms with E-state index in [1.807, 2.05) is 26.1 Å². The second-order valence-corrected chi connectivity index (χ2v) is 4.80. The lowest BCUT2D eigenvalue weighted by Gasteiger charge is -2.30. The predicted octanol–water partition coefficient (Wildman–Crippen LogP) is 2.94. The molecule has 0 spiro atoms. The van der Waals surface area contributed by atoms with Crippen LogP contribution in [-0.2, 0) is 4.79 Å². The van der Waals surface area contributed by atoms with Crippen LogP contribution in [0.15, 0.2) is 24.3 Å². The molecule has 2 atom stereocenters. The van der Waals surface area contributed by atoms with Crippen LogP contribution in [0.5, 0.6) is 0 Å². The van der Waals surface area contributed by atoms with E-state index in [9.17, 15) is 9.18 Å². The third-order valence-electron chi connectivity index (χ3n) is 3.76. The van der Waals surface area contributed by atoms with Crippen molar-refractivity contribution in [2.45, 2.75) is 38.3 Å². The molecule has 1 saturated carbocycles. The topological polar surface area (TPSA) is 20.3 Å². The summed E-state index contributed by atoms with van der Waals surface area (Å²) < 4.78 is 13.7. The summed E-state index contributed by atoms with van der Waals surface area (Å²) in [7, 11) is 1.97. The first-order valence-electron chi connectivity index (χ1n) is 6.07. The van der Waals surface area contributed by atoms with Gasteiger partial charge in [-0.15, -0.1) is 0 Å². The van der Waals surface area contributed by atoms with Crippen LogP contribution in [0, 0.1) is 5.82 Å². The van der Waals surface area contributed by atoms with Gasteiger partial charge in [-0.3, -0.25) is 9.69 Å². The van der Waals surface area contributed by atoms with E-state index in [4.69, 9.17) is 0 Å². The SMILES string of the molecule is CC(c1ccccc1F)N(C)C1CCC(=O)C1. The zero-order chi connectivity index (χ0) is 12.4. The molecule has 3 heteroatoms. The zero-order valence-corrected chi connectivity index (χ0v) is 10.3. The fraction of sp³-hybridized carbons (Fsp3) is 0.500. The van der Waals surface area contributed by atoms with Crippen molar-refractivity contribution in [3.63, 3.8) is 0 Å². The Hall–Kier alpha value is -1.22. The molecule has 0 radical (unpaired) electrons. The lowest BCUT2D eigenvalue weighted by Crippen LogP contribution is -2.32. The van der Waals surface area contributed by atoms with Crippen LogP contribution in [-0.4, -0.2) is 23.8 Å². The lowest BCUT2D eigenvalue weighted by atomic mass is 10.0. The molecular formula is C14H18FNO. The quantitative estimate of drug-likeness (QED) is 0.802. The van der Waals surface area contributed by atoms with Crippen LogP contribution in [0.1, 0.15) is 37.8 Å². The number of benzene rings is 1. The first-order valence-corrected chi connectivity index (χ1v) is 6.07. The molecule has 2 nitrogen and oxygen atoms in total. The summed E-state index contributed by atoms with van der Waals surface area (Å²) in [6.07, 6.45) is 2.17. The van der Waals surface area contributed by atoms with Crippen molar-refractivity contribution < 1.29 is 9.18 Å². The number of rotatable bonds is 3. The van der Waals surface area contributed by atoms with Gasteiger partial charge in [0.15, 0.2) is 0 Å². The highest BCUT2D eigenvalue weighted by atomic mass is 19.1. The maximum absolute atomic E-state index is 13.7. The highest BCUT2D eigenvalue weighted by Crippen LogP contribution is 2.28. The highest BCUT2D eigenvalue weighted by Gasteiger charge is 2.29. The van der Waals surface area contributed by atoms with Gasteiger partial charge >= 0.3 is 0 Å². The average Bonchev–Trinajstić information content (AvgIpc) is 2.75. The maximum atomic E-state index is 13.7. The van der Waals surface area contributed by atoms with E-state index in [1.165, 1.54) is 6.07 Å². The van der Waals surface area contributed by atoms with Gasteiger partial charge in [0.1, 0.15) is 11.6 Å². The summed E-state index contributed by atoms with van der Waals surface area (Å²) in [6.45, 7) is 1.99. The normalized spacial score (nSPS) is 22.1. The summed E-state index contributed by atoms with van der Waals surface area (Å²) in [4.78, 5) is 13.4. The molecule has 17 heavy (non-hydrogen) atoms. The number of hydrogen-bond donors (Lipinski definition) is 0. The standard InChI is InChI=1S/C14H18FNO/c1-10(13-5-3-4-6-14(13)15)16(2)11-7-8-12(17)9-11/h3-6,10-11H,7-9H2,1-2H3. The van der Waals surface area contributed by atoms with Crippen LogP contribution < -0.4 is 0 Å². The summed E-state index contributed by atoms with van der Waals surface area (Å²) in [6, 6.07) is 7.11. The maximum Gasteiger partial charge on any atom is 0.134 e. The van der Waals surface area contributed by atoms with Gasteiger partial charge in [0.25, 0.3) is 0 Å². The van der Waals surface area contributed by atoms with Crippen molar-refractivity contribution in [2.24, 2.45) is 0 Å². The number of hydrogen-bond acceptors (Lipinski definition) is 2. The molecule has 1 aliphatic rings. The molecule has 0 bridgehead atoms. The number of carbonyl (C=O) groups is 1. The second kappa shape index (κ2) is 4.96. The molecule has 0 aliphatic heterocycles. The Morgan fingerprint density at radius 1 is 1.41 bits per heavy atom.